The number of carbonyl (C=O) groups is 2. The molecule has 86 valence electrons. The lowest BCUT2D eigenvalue weighted by atomic mass is 10.0. The van der Waals surface area contributed by atoms with Gasteiger partial charge < -0.3 is 10.5 Å². The molecule has 1 fully saturated rings. The smallest absolute Gasteiger partial charge is 0.323 e. The molecule has 1 unspecified atom stereocenters. The van der Waals surface area contributed by atoms with E-state index in [1.165, 1.54) is 7.11 Å². The Morgan fingerprint density at radius 3 is 2.67 bits per heavy atom. The third-order valence-corrected chi connectivity index (χ3v) is 2.72. The predicted molar refractivity (Wildman–Crippen MR) is 55.0 cm³/mol. The Bertz CT molecular complexity index is 243. The molecule has 0 aliphatic carbocycles. The largest absolute Gasteiger partial charge is 0.468 e. The average Bonchev–Trinajstić information content (AvgIpc) is 2.15. The number of nitrogens with zero attached hydrogens (tertiary/aromatic N) is 1. The van der Waals surface area contributed by atoms with Crippen molar-refractivity contribution in [2.75, 3.05) is 20.2 Å². The summed E-state index contributed by atoms with van der Waals surface area (Å²) in [5.74, 6) is -0.417. The van der Waals surface area contributed by atoms with E-state index in [1.54, 1.807) is 0 Å². The van der Waals surface area contributed by atoms with Crippen LogP contribution < -0.4 is 5.73 Å². The van der Waals surface area contributed by atoms with Gasteiger partial charge in [-0.05, 0) is 25.8 Å². The van der Waals surface area contributed by atoms with Gasteiger partial charge in [0.2, 0.25) is 5.91 Å². The maximum atomic E-state index is 11.2. The van der Waals surface area contributed by atoms with Crippen LogP contribution in [0.4, 0.5) is 0 Å². The first kappa shape index (κ1) is 12.0. The maximum absolute atomic E-state index is 11.2. The van der Waals surface area contributed by atoms with E-state index in [-0.39, 0.29) is 17.9 Å². The molecule has 2 N–H and O–H groups in total. The Morgan fingerprint density at radius 2 is 2.20 bits per heavy atom. The summed E-state index contributed by atoms with van der Waals surface area (Å²) < 4.78 is 4.67. The van der Waals surface area contributed by atoms with Gasteiger partial charge >= 0.3 is 5.97 Å². The van der Waals surface area contributed by atoms with Crippen LogP contribution in [0.15, 0.2) is 0 Å². The third kappa shape index (κ3) is 3.51. The van der Waals surface area contributed by atoms with E-state index >= 15 is 0 Å². The van der Waals surface area contributed by atoms with Crippen molar-refractivity contribution in [3.63, 3.8) is 0 Å². The van der Waals surface area contributed by atoms with Crippen LogP contribution in [-0.4, -0.2) is 43.0 Å². The van der Waals surface area contributed by atoms with Crippen molar-refractivity contribution in [2.45, 2.75) is 31.7 Å². The highest BCUT2D eigenvalue weighted by Crippen LogP contribution is 2.19. The maximum Gasteiger partial charge on any atom is 0.323 e. The fourth-order valence-electron chi connectivity index (χ4n) is 1.73. The molecule has 0 aromatic carbocycles. The van der Waals surface area contributed by atoms with E-state index in [0.29, 0.717) is 6.42 Å². The molecule has 0 aromatic rings. The summed E-state index contributed by atoms with van der Waals surface area (Å²) in [6.45, 7) is 1.78. The zero-order chi connectivity index (χ0) is 11.3. The van der Waals surface area contributed by atoms with Crippen molar-refractivity contribution in [1.29, 1.82) is 0 Å². The highest BCUT2D eigenvalue weighted by Gasteiger charge is 2.34. The van der Waals surface area contributed by atoms with Crippen molar-refractivity contribution in [3.8, 4) is 0 Å². The van der Waals surface area contributed by atoms with Crippen molar-refractivity contribution < 1.29 is 14.3 Å². The van der Waals surface area contributed by atoms with Crippen molar-refractivity contribution in [2.24, 2.45) is 5.73 Å². The normalized spacial score (nSPS) is 20.7. The number of rotatable bonds is 6. The lowest BCUT2D eigenvalue weighted by Crippen LogP contribution is -2.52. The van der Waals surface area contributed by atoms with Gasteiger partial charge in [0.1, 0.15) is 6.04 Å². The average molecular weight is 214 g/mol. The number of nitrogens with two attached hydrogens (primary N) is 1. The fraction of sp³-hybridized carbons (Fsp3) is 0.800. The number of esters is 1. The van der Waals surface area contributed by atoms with Crippen LogP contribution in [0.2, 0.25) is 0 Å². The Balaban J connectivity index is 2.12. The molecule has 1 aliphatic rings. The van der Waals surface area contributed by atoms with E-state index in [4.69, 9.17) is 5.73 Å². The SMILES string of the molecule is COC(=O)C1CCN1CCCCC(N)=O. The van der Waals surface area contributed by atoms with Crippen molar-refractivity contribution in [1.82, 2.24) is 4.90 Å². The number of unbranched alkanes of at least 4 members (excludes halogenated alkanes) is 1. The first-order valence-electron chi connectivity index (χ1n) is 5.25. The van der Waals surface area contributed by atoms with E-state index in [1.807, 2.05) is 0 Å². The van der Waals surface area contributed by atoms with E-state index < -0.39 is 0 Å². The van der Waals surface area contributed by atoms with Gasteiger partial charge in [-0.25, -0.2) is 0 Å². The topological polar surface area (TPSA) is 72.6 Å². The molecule has 0 spiro atoms. The number of methoxy groups -OCH3 is 1. The summed E-state index contributed by atoms with van der Waals surface area (Å²) in [4.78, 5) is 23.8. The molecule has 0 aromatic heterocycles. The Hall–Kier alpha value is -1.10. The summed E-state index contributed by atoms with van der Waals surface area (Å²) in [5, 5.41) is 0. The molecule has 1 saturated heterocycles. The number of likely N-dealkylation sites (tertiary alicyclic amines) is 1. The molecule has 0 radical (unpaired) electrons. The summed E-state index contributed by atoms with van der Waals surface area (Å²) in [6, 6.07) is -0.0661. The van der Waals surface area contributed by atoms with Gasteiger partial charge in [-0.2, -0.15) is 0 Å². The lowest BCUT2D eigenvalue weighted by Gasteiger charge is -2.38. The molecule has 1 atom stereocenters. The van der Waals surface area contributed by atoms with Crippen LogP contribution in [0.3, 0.4) is 0 Å². The summed E-state index contributed by atoms with van der Waals surface area (Å²) in [5.41, 5.74) is 5.03. The predicted octanol–water partition coefficient (Wildman–Crippen LogP) is -0.111. The standard InChI is InChI=1S/C10H18N2O3/c1-15-10(14)8-5-7-12(8)6-3-2-4-9(11)13/h8H,2-7H2,1H3,(H2,11,13). The second kappa shape index (κ2) is 5.70. The Morgan fingerprint density at radius 1 is 1.47 bits per heavy atom. The highest BCUT2D eigenvalue weighted by atomic mass is 16.5. The quantitative estimate of drug-likeness (QED) is 0.494. The minimum atomic E-state index is -0.261. The molecular weight excluding hydrogens is 196 g/mol. The van der Waals surface area contributed by atoms with Gasteiger partial charge in [-0.15, -0.1) is 0 Å². The molecule has 15 heavy (non-hydrogen) atoms. The molecule has 1 rings (SSSR count). The van der Waals surface area contributed by atoms with Crippen LogP contribution in [0.1, 0.15) is 25.7 Å². The Labute approximate surface area is 89.6 Å². The second-order valence-electron chi connectivity index (χ2n) is 3.79. The summed E-state index contributed by atoms with van der Waals surface area (Å²) in [7, 11) is 1.41. The lowest BCUT2D eigenvalue weighted by molar-refractivity contribution is -0.151. The third-order valence-electron chi connectivity index (χ3n) is 2.72. The van der Waals surface area contributed by atoms with Gasteiger partial charge in [0.05, 0.1) is 7.11 Å². The molecule has 1 aliphatic heterocycles. The van der Waals surface area contributed by atoms with Gasteiger partial charge in [0.15, 0.2) is 0 Å². The molecule has 0 bridgehead atoms. The van der Waals surface area contributed by atoms with Gasteiger partial charge in [-0.1, -0.05) is 0 Å². The molecule has 1 amide bonds. The summed E-state index contributed by atoms with van der Waals surface area (Å²) in [6.07, 6.45) is 3.00. The van der Waals surface area contributed by atoms with Crippen LogP contribution in [0.5, 0.6) is 0 Å². The molecule has 5 heteroatoms. The molecule has 5 nitrogen and oxygen atoms in total. The zero-order valence-electron chi connectivity index (χ0n) is 9.07. The van der Waals surface area contributed by atoms with E-state index in [2.05, 4.69) is 9.64 Å². The van der Waals surface area contributed by atoms with Gasteiger partial charge in [0.25, 0.3) is 0 Å². The van der Waals surface area contributed by atoms with Crippen molar-refractivity contribution >= 4 is 11.9 Å². The number of ether oxygens (including phenoxy) is 1. The van der Waals surface area contributed by atoms with Crippen LogP contribution in [0.25, 0.3) is 0 Å². The minimum Gasteiger partial charge on any atom is -0.468 e. The molecule has 0 saturated carbocycles. The monoisotopic (exact) mass is 214 g/mol. The first-order chi connectivity index (χ1) is 7.15. The first-order valence-corrected chi connectivity index (χ1v) is 5.25. The van der Waals surface area contributed by atoms with Crippen LogP contribution in [-0.2, 0) is 14.3 Å². The highest BCUT2D eigenvalue weighted by molar-refractivity contribution is 5.76. The minimum absolute atomic E-state index is 0.0661. The van der Waals surface area contributed by atoms with Crippen LogP contribution >= 0.6 is 0 Å². The van der Waals surface area contributed by atoms with Gasteiger partial charge in [0, 0.05) is 13.0 Å². The number of carbonyl (C=O) groups excluding carboxylic acids is 2. The number of amides is 1. The fourth-order valence-corrected chi connectivity index (χ4v) is 1.73. The van der Waals surface area contributed by atoms with Gasteiger partial charge in [-0.3, -0.25) is 14.5 Å². The van der Waals surface area contributed by atoms with Crippen molar-refractivity contribution in [3.05, 3.63) is 0 Å². The second-order valence-corrected chi connectivity index (χ2v) is 3.79. The number of hydrogen-bond donors (Lipinski definition) is 1. The molecule has 1 heterocycles. The van der Waals surface area contributed by atoms with E-state index in [0.717, 1.165) is 32.4 Å². The zero-order valence-corrected chi connectivity index (χ0v) is 9.07. The Kier molecular flexibility index (Phi) is 4.55. The summed E-state index contributed by atoms with van der Waals surface area (Å²) >= 11 is 0. The molecular formula is C10H18N2O3. The number of primary amides is 1. The van der Waals surface area contributed by atoms with E-state index in [9.17, 15) is 9.59 Å². The number of hydrogen-bond acceptors (Lipinski definition) is 4. The van der Waals surface area contributed by atoms with Crippen LogP contribution in [0, 0.1) is 0 Å².